The van der Waals surface area contributed by atoms with Crippen LogP contribution in [0, 0.1) is 0 Å². The number of anilines is 3. The van der Waals surface area contributed by atoms with Gasteiger partial charge in [-0.3, -0.25) is 0 Å². The van der Waals surface area contributed by atoms with Gasteiger partial charge >= 0.3 is 0 Å². The van der Waals surface area contributed by atoms with Crippen molar-refractivity contribution >= 4 is 81.3 Å². The van der Waals surface area contributed by atoms with Crippen LogP contribution < -0.4 is 4.90 Å². The molecule has 2 heterocycles. The van der Waals surface area contributed by atoms with E-state index in [1.165, 1.54) is 42.1 Å². The van der Waals surface area contributed by atoms with Gasteiger partial charge in [0.05, 0.1) is 5.69 Å². The molecule has 0 saturated heterocycles. The lowest BCUT2D eigenvalue weighted by Crippen LogP contribution is -2.09. The molecule has 0 atom stereocenters. The summed E-state index contributed by atoms with van der Waals surface area (Å²) in [4.78, 5) is 2.33. The topological polar surface area (TPSA) is 16.4 Å². The third-order valence-corrected chi connectivity index (χ3v) is 9.58. The van der Waals surface area contributed by atoms with Crippen LogP contribution >= 0.6 is 11.3 Å². The quantitative estimate of drug-likeness (QED) is 0.210. The zero-order valence-corrected chi connectivity index (χ0v) is 24.0. The van der Waals surface area contributed by atoms with Gasteiger partial charge in [-0.15, -0.1) is 11.3 Å². The molecule has 0 bridgehead atoms. The summed E-state index contributed by atoms with van der Waals surface area (Å²) >= 11 is 1.84. The number of rotatable bonds is 4. The Kier molecular flexibility index (Phi) is 5.40. The zero-order valence-electron chi connectivity index (χ0n) is 23.2. The normalized spacial score (nSPS) is 11.7. The highest BCUT2D eigenvalue weighted by Crippen LogP contribution is 2.45. The third kappa shape index (κ3) is 3.86. The highest BCUT2D eigenvalue weighted by Gasteiger charge is 2.21. The van der Waals surface area contributed by atoms with Crippen molar-refractivity contribution in [1.29, 1.82) is 0 Å². The molecule has 0 unspecified atom stereocenters. The molecule has 0 fully saturated rings. The van der Waals surface area contributed by atoms with Gasteiger partial charge in [-0.05, 0) is 70.4 Å². The molecule has 2 aromatic heterocycles. The highest BCUT2D eigenvalue weighted by atomic mass is 32.1. The van der Waals surface area contributed by atoms with E-state index in [1.807, 2.05) is 11.3 Å². The summed E-state index contributed by atoms with van der Waals surface area (Å²) in [5.41, 5.74) is 7.41. The second-order valence-corrected chi connectivity index (χ2v) is 12.0. The number of nitrogens with zero attached hydrogens (tertiary/aromatic N) is 1. The molecule has 0 aliphatic heterocycles. The fourth-order valence-corrected chi connectivity index (χ4v) is 7.58. The molecule has 43 heavy (non-hydrogen) atoms. The molecular formula is C40H25NOS. The van der Waals surface area contributed by atoms with Crippen molar-refractivity contribution in [2.45, 2.75) is 0 Å². The first kappa shape index (κ1) is 24.2. The van der Waals surface area contributed by atoms with Crippen LogP contribution in [-0.4, -0.2) is 0 Å². The van der Waals surface area contributed by atoms with Crippen LogP contribution in [0.25, 0.3) is 64.0 Å². The minimum atomic E-state index is 0.885. The predicted octanol–water partition coefficient (Wildman–Crippen LogP) is 12.2. The maximum atomic E-state index is 6.76. The Morgan fingerprint density at radius 3 is 2.09 bits per heavy atom. The maximum Gasteiger partial charge on any atom is 0.159 e. The SMILES string of the molecule is c1ccc(-c2ccc3ccc4oc5c(N(c6ccccc6)c6ccc7c(c6)sc6ccccc67)cccc5c4c3c2)cc1. The lowest BCUT2D eigenvalue weighted by Gasteiger charge is -2.25. The lowest BCUT2D eigenvalue weighted by atomic mass is 9.98. The van der Waals surface area contributed by atoms with Crippen LogP contribution in [0.3, 0.4) is 0 Å². The predicted molar refractivity (Wildman–Crippen MR) is 184 cm³/mol. The van der Waals surface area contributed by atoms with E-state index in [-0.39, 0.29) is 0 Å². The van der Waals surface area contributed by atoms with E-state index in [1.54, 1.807) is 0 Å². The second-order valence-electron chi connectivity index (χ2n) is 10.9. The van der Waals surface area contributed by atoms with Crippen LogP contribution in [0.5, 0.6) is 0 Å². The minimum absolute atomic E-state index is 0.885. The largest absolute Gasteiger partial charge is 0.454 e. The molecule has 9 aromatic rings. The number of furan rings is 1. The van der Waals surface area contributed by atoms with Crippen molar-refractivity contribution in [2.24, 2.45) is 0 Å². The van der Waals surface area contributed by atoms with E-state index in [9.17, 15) is 0 Å². The fourth-order valence-electron chi connectivity index (χ4n) is 6.45. The van der Waals surface area contributed by atoms with Gasteiger partial charge in [-0.2, -0.15) is 0 Å². The standard InChI is InChI=1S/C40H25NOS/c1-3-10-26(11-4-1)28-19-18-27-20-23-36-39(34(27)24-28)33-15-9-16-35(40(33)42-36)41(29-12-5-2-6-13-29)30-21-22-32-31-14-7-8-17-37(31)43-38(32)25-30/h1-25H. The maximum absolute atomic E-state index is 6.76. The average Bonchev–Trinajstić information content (AvgIpc) is 3.64. The fraction of sp³-hybridized carbons (Fsp3) is 0. The van der Waals surface area contributed by atoms with Gasteiger partial charge in [-0.25, -0.2) is 0 Å². The van der Waals surface area contributed by atoms with Gasteiger partial charge in [0.1, 0.15) is 5.58 Å². The number of thiophene rings is 1. The smallest absolute Gasteiger partial charge is 0.159 e. The van der Waals surface area contributed by atoms with Crippen molar-refractivity contribution in [3.05, 3.63) is 152 Å². The van der Waals surface area contributed by atoms with E-state index in [0.717, 1.165) is 39.0 Å². The second kappa shape index (κ2) is 9.59. The first-order valence-corrected chi connectivity index (χ1v) is 15.3. The Hall–Kier alpha value is -5.38. The summed E-state index contributed by atoms with van der Waals surface area (Å²) < 4.78 is 9.34. The summed E-state index contributed by atoms with van der Waals surface area (Å²) in [5, 5.41) is 7.27. The molecule has 9 rings (SSSR count). The van der Waals surface area contributed by atoms with E-state index in [4.69, 9.17) is 4.42 Å². The highest BCUT2D eigenvalue weighted by molar-refractivity contribution is 7.25. The van der Waals surface area contributed by atoms with Gasteiger partial charge in [0, 0.05) is 42.3 Å². The zero-order chi connectivity index (χ0) is 28.3. The van der Waals surface area contributed by atoms with Gasteiger partial charge in [-0.1, -0.05) is 103 Å². The van der Waals surface area contributed by atoms with E-state index in [0.29, 0.717) is 0 Å². The molecule has 3 heteroatoms. The van der Waals surface area contributed by atoms with E-state index >= 15 is 0 Å². The molecule has 0 aliphatic rings. The van der Waals surface area contributed by atoms with Crippen LogP contribution in [0.2, 0.25) is 0 Å². The number of hydrogen-bond acceptors (Lipinski definition) is 3. The number of fused-ring (bicyclic) bond motifs is 8. The van der Waals surface area contributed by atoms with Crippen molar-refractivity contribution in [3.63, 3.8) is 0 Å². The number of hydrogen-bond donors (Lipinski definition) is 0. The minimum Gasteiger partial charge on any atom is -0.454 e. The van der Waals surface area contributed by atoms with Gasteiger partial charge in [0.25, 0.3) is 0 Å². The Morgan fingerprint density at radius 2 is 1.21 bits per heavy atom. The van der Waals surface area contributed by atoms with Crippen LogP contribution in [0.15, 0.2) is 156 Å². The summed E-state index contributed by atoms with van der Waals surface area (Å²) in [7, 11) is 0. The molecule has 7 aromatic carbocycles. The van der Waals surface area contributed by atoms with Crippen molar-refractivity contribution < 1.29 is 4.42 Å². The average molecular weight is 568 g/mol. The molecule has 2 nitrogen and oxygen atoms in total. The number of benzene rings is 7. The molecule has 0 aliphatic carbocycles. The van der Waals surface area contributed by atoms with Crippen molar-refractivity contribution in [3.8, 4) is 11.1 Å². The molecule has 0 amide bonds. The van der Waals surface area contributed by atoms with Gasteiger partial charge in [0.2, 0.25) is 0 Å². The Balaban J connectivity index is 1.29. The van der Waals surface area contributed by atoms with Crippen LogP contribution in [-0.2, 0) is 0 Å². The lowest BCUT2D eigenvalue weighted by molar-refractivity contribution is 0.669. The Morgan fingerprint density at radius 1 is 0.465 bits per heavy atom. The van der Waals surface area contributed by atoms with Crippen LogP contribution in [0.4, 0.5) is 17.1 Å². The van der Waals surface area contributed by atoms with Crippen molar-refractivity contribution in [1.82, 2.24) is 0 Å². The number of para-hydroxylation sites is 2. The molecule has 0 N–H and O–H groups in total. The molecular weight excluding hydrogens is 543 g/mol. The monoisotopic (exact) mass is 567 g/mol. The van der Waals surface area contributed by atoms with Gasteiger partial charge in [0.15, 0.2) is 5.58 Å². The summed E-state index contributed by atoms with van der Waals surface area (Å²) in [5.74, 6) is 0. The van der Waals surface area contributed by atoms with E-state index < -0.39 is 0 Å². The first-order valence-electron chi connectivity index (χ1n) is 14.5. The van der Waals surface area contributed by atoms with Crippen molar-refractivity contribution in [2.75, 3.05) is 4.90 Å². The van der Waals surface area contributed by atoms with Gasteiger partial charge < -0.3 is 9.32 Å². The molecule has 0 saturated carbocycles. The summed E-state index contributed by atoms with van der Waals surface area (Å²) in [6.45, 7) is 0. The molecule has 202 valence electrons. The molecule has 0 radical (unpaired) electrons. The Labute approximate surface area is 252 Å². The van der Waals surface area contributed by atoms with E-state index in [2.05, 4.69) is 157 Å². The summed E-state index contributed by atoms with van der Waals surface area (Å²) in [6.07, 6.45) is 0. The van der Waals surface area contributed by atoms with Crippen LogP contribution in [0.1, 0.15) is 0 Å². The molecule has 0 spiro atoms. The summed E-state index contributed by atoms with van der Waals surface area (Å²) in [6, 6.07) is 54.1. The first-order chi connectivity index (χ1) is 21.3. The third-order valence-electron chi connectivity index (χ3n) is 8.44. The Bertz CT molecular complexity index is 2460.